The highest BCUT2D eigenvalue weighted by Crippen LogP contribution is 2.44. The fraction of sp³-hybridized carbons (Fsp3) is 0.500. The minimum Gasteiger partial charge on any atom is -0.495 e. The molecule has 0 spiro atoms. The summed E-state index contributed by atoms with van der Waals surface area (Å²) in [5.74, 6) is -0.217. The summed E-state index contributed by atoms with van der Waals surface area (Å²) < 4.78 is 25.6. The van der Waals surface area contributed by atoms with E-state index in [1.807, 2.05) is 0 Å². The lowest BCUT2D eigenvalue weighted by Gasteiger charge is -2.35. The molecule has 5 rings (SSSR count). The zero-order valence-corrected chi connectivity index (χ0v) is 23.9. The van der Waals surface area contributed by atoms with E-state index in [4.69, 9.17) is 21.1 Å². The van der Waals surface area contributed by atoms with Gasteiger partial charge in [0.25, 0.3) is 0 Å². The smallest absolute Gasteiger partial charge is 0.330 e. The van der Waals surface area contributed by atoms with Crippen molar-refractivity contribution < 1.29 is 23.5 Å². The molecule has 2 heterocycles. The van der Waals surface area contributed by atoms with E-state index in [1.54, 1.807) is 13.2 Å². The van der Waals surface area contributed by atoms with Crippen LogP contribution in [0.25, 0.3) is 0 Å². The number of carbonyl (C=O) groups is 2. The van der Waals surface area contributed by atoms with E-state index in [-0.39, 0.29) is 46.7 Å². The maximum atomic E-state index is 15.2. The Hall–Kier alpha value is -3.60. The molecule has 216 valence electrons. The van der Waals surface area contributed by atoms with Crippen LogP contribution in [0.3, 0.4) is 0 Å². The number of ether oxygens (including phenoxy) is 2. The Kier molecular flexibility index (Phi) is 9.67. The quantitative estimate of drug-likeness (QED) is 0.423. The van der Waals surface area contributed by atoms with Gasteiger partial charge < -0.3 is 20.1 Å². The van der Waals surface area contributed by atoms with Gasteiger partial charge in [-0.2, -0.15) is 4.98 Å². The average molecular weight is 575 g/mol. The van der Waals surface area contributed by atoms with Crippen LogP contribution in [-0.2, 0) is 11.3 Å². The van der Waals surface area contributed by atoms with Crippen LogP contribution >= 0.6 is 11.6 Å². The number of benzene rings is 1. The van der Waals surface area contributed by atoms with Gasteiger partial charge in [0, 0.05) is 37.0 Å². The number of urea groups is 1. The van der Waals surface area contributed by atoms with Crippen LogP contribution in [0.5, 0.6) is 11.5 Å². The second kappa shape index (κ2) is 13.2. The average Bonchev–Trinajstić information content (AvgIpc) is 2.92. The van der Waals surface area contributed by atoms with E-state index in [2.05, 4.69) is 27.2 Å². The van der Waals surface area contributed by atoms with Crippen molar-refractivity contribution in [2.75, 3.05) is 36.4 Å². The summed E-state index contributed by atoms with van der Waals surface area (Å²) in [7, 11) is 4.25. The third-order valence-electron chi connectivity index (χ3n) is 7.42. The summed E-state index contributed by atoms with van der Waals surface area (Å²) >= 11 is 6.40. The molecule has 1 aromatic heterocycles. The summed E-state index contributed by atoms with van der Waals surface area (Å²) in [6.45, 7) is 3.51. The third-order valence-corrected chi connectivity index (χ3v) is 7.78. The van der Waals surface area contributed by atoms with Gasteiger partial charge in [0.05, 0.1) is 20.8 Å². The van der Waals surface area contributed by atoms with Crippen LogP contribution in [0.4, 0.5) is 26.6 Å². The maximum absolute atomic E-state index is 15.2. The van der Waals surface area contributed by atoms with E-state index in [9.17, 15) is 9.59 Å². The highest BCUT2D eigenvalue weighted by Gasteiger charge is 2.36. The number of nitrogens with zero attached hydrogens (tertiary/aromatic N) is 4. The van der Waals surface area contributed by atoms with Gasteiger partial charge in [-0.3, -0.25) is 14.6 Å². The SMILES string of the molecule is C1CCC1.C=CC(=O)NC1CCCCC1Nc1ncc2c(n1)N(C)C(=O)N(c1c(F)c(OC)cc(OC)c1Cl)C2. The van der Waals surface area contributed by atoms with Gasteiger partial charge in [0.2, 0.25) is 11.9 Å². The standard InChI is InChI=1S/C24H28ClFN6O4.C4H8/c1-5-18(33)28-14-8-6-7-9-15(14)29-23-27-11-13-12-32(24(34)31(2)22(13)30-23)21-19(25)16(35-3)10-17(36-4)20(21)26;1-2-4-3-1/h5,10-11,14-15H,1,6-9,12H2,2-4H3,(H,28,33)(H,27,29,30);1-4H2. The van der Waals surface area contributed by atoms with Crippen molar-refractivity contribution >= 4 is 41.0 Å². The molecule has 2 N–H and O–H groups in total. The molecule has 10 nitrogen and oxygen atoms in total. The van der Waals surface area contributed by atoms with Crippen LogP contribution < -0.4 is 29.9 Å². The lowest BCUT2D eigenvalue weighted by Crippen LogP contribution is -2.48. The lowest BCUT2D eigenvalue weighted by molar-refractivity contribution is -0.117. The van der Waals surface area contributed by atoms with Crippen molar-refractivity contribution in [2.24, 2.45) is 0 Å². The summed E-state index contributed by atoms with van der Waals surface area (Å²) in [6.07, 6.45) is 12.5. The molecular weight excluding hydrogens is 539 g/mol. The first-order valence-corrected chi connectivity index (χ1v) is 13.9. The van der Waals surface area contributed by atoms with Gasteiger partial charge in [0.15, 0.2) is 11.6 Å². The Balaban J connectivity index is 0.000000848. The van der Waals surface area contributed by atoms with Crippen molar-refractivity contribution in [1.82, 2.24) is 15.3 Å². The van der Waals surface area contributed by atoms with E-state index in [0.29, 0.717) is 17.3 Å². The van der Waals surface area contributed by atoms with Gasteiger partial charge >= 0.3 is 6.03 Å². The van der Waals surface area contributed by atoms with Gasteiger partial charge in [-0.1, -0.05) is 56.7 Å². The number of nitrogens with one attached hydrogen (secondary N) is 2. The molecule has 2 fully saturated rings. The molecule has 1 aromatic carbocycles. The second-order valence-corrected chi connectivity index (χ2v) is 10.4. The van der Waals surface area contributed by atoms with E-state index >= 15 is 4.39 Å². The van der Waals surface area contributed by atoms with Crippen LogP contribution in [0.2, 0.25) is 5.02 Å². The molecular formula is C28H36ClFN6O4. The van der Waals surface area contributed by atoms with Crippen LogP contribution in [-0.4, -0.2) is 55.3 Å². The fourth-order valence-electron chi connectivity index (χ4n) is 4.80. The zero-order valence-electron chi connectivity index (χ0n) is 23.1. The summed E-state index contributed by atoms with van der Waals surface area (Å²) in [5.41, 5.74) is 0.445. The topological polar surface area (TPSA) is 109 Å². The van der Waals surface area contributed by atoms with Crippen molar-refractivity contribution in [3.8, 4) is 11.5 Å². The highest BCUT2D eigenvalue weighted by atomic mass is 35.5. The number of anilines is 3. The number of aromatic nitrogens is 2. The molecule has 0 radical (unpaired) electrons. The first-order valence-electron chi connectivity index (χ1n) is 13.5. The predicted octanol–water partition coefficient (Wildman–Crippen LogP) is 5.45. The molecule has 2 atom stereocenters. The number of carbonyl (C=O) groups excluding carboxylic acids is 2. The fourth-order valence-corrected chi connectivity index (χ4v) is 5.11. The first kappa shape index (κ1) is 29.4. The Morgan fingerprint density at radius 2 is 1.77 bits per heavy atom. The van der Waals surface area contributed by atoms with Crippen molar-refractivity contribution in [2.45, 2.75) is 70.0 Å². The number of methoxy groups -OCH3 is 2. The largest absolute Gasteiger partial charge is 0.495 e. The minimum atomic E-state index is -0.780. The molecule has 2 unspecified atom stereocenters. The number of fused-ring (bicyclic) bond motifs is 1. The molecule has 2 aliphatic carbocycles. The highest BCUT2D eigenvalue weighted by molar-refractivity contribution is 6.35. The molecule has 1 aliphatic heterocycles. The molecule has 12 heteroatoms. The second-order valence-electron chi connectivity index (χ2n) is 10.00. The van der Waals surface area contributed by atoms with Gasteiger partial charge in [-0.25, -0.2) is 14.2 Å². The number of amides is 3. The van der Waals surface area contributed by atoms with Crippen LogP contribution in [0.15, 0.2) is 24.9 Å². The molecule has 3 aliphatic rings. The molecule has 40 heavy (non-hydrogen) atoms. The Morgan fingerprint density at radius 3 is 2.38 bits per heavy atom. The monoisotopic (exact) mass is 574 g/mol. The molecule has 0 bridgehead atoms. The number of hydrogen-bond acceptors (Lipinski definition) is 7. The minimum absolute atomic E-state index is 0.00675. The summed E-state index contributed by atoms with van der Waals surface area (Å²) in [6, 6.07) is 0.632. The first-order chi connectivity index (χ1) is 19.3. The molecule has 0 saturated heterocycles. The Morgan fingerprint density at radius 1 is 1.12 bits per heavy atom. The van der Waals surface area contributed by atoms with Crippen LogP contribution in [0.1, 0.15) is 56.9 Å². The van der Waals surface area contributed by atoms with Crippen molar-refractivity contribution in [1.29, 1.82) is 0 Å². The third kappa shape index (κ3) is 6.24. The maximum Gasteiger partial charge on any atom is 0.330 e. The summed E-state index contributed by atoms with van der Waals surface area (Å²) in [4.78, 5) is 36.6. The van der Waals surface area contributed by atoms with E-state index < -0.39 is 11.8 Å². The van der Waals surface area contributed by atoms with Crippen molar-refractivity contribution in [3.05, 3.63) is 41.3 Å². The predicted molar refractivity (Wildman–Crippen MR) is 153 cm³/mol. The molecule has 3 amide bonds. The Bertz CT molecular complexity index is 1230. The Labute approximate surface area is 238 Å². The molecule has 2 saturated carbocycles. The van der Waals surface area contributed by atoms with E-state index in [0.717, 1.165) is 25.7 Å². The lowest BCUT2D eigenvalue weighted by atomic mass is 9.90. The zero-order chi connectivity index (χ0) is 28.8. The van der Waals surface area contributed by atoms with Crippen molar-refractivity contribution in [3.63, 3.8) is 0 Å². The normalized spacial score (nSPS) is 19.9. The number of rotatable bonds is 7. The molecule has 2 aromatic rings. The number of halogens is 2. The van der Waals surface area contributed by atoms with Gasteiger partial charge in [-0.05, 0) is 18.9 Å². The van der Waals surface area contributed by atoms with E-state index in [1.165, 1.54) is 61.8 Å². The van der Waals surface area contributed by atoms with Crippen LogP contribution in [0, 0.1) is 5.82 Å². The summed E-state index contributed by atoms with van der Waals surface area (Å²) in [5, 5.41) is 6.20. The van der Waals surface area contributed by atoms with Gasteiger partial charge in [0.1, 0.15) is 22.3 Å². The number of hydrogen-bond donors (Lipinski definition) is 2. The van der Waals surface area contributed by atoms with Gasteiger partial charge in [-0.15, -0.1) is 0 Å².